The second-order valence-electron chi connectivity index (χ2n) is 4.51. The normalized spacial score (nSPS) is 11.6. The predicted octanol–water partition coefficient (Wildman–Crippen LogP) is 3.95. The van der Waals surface area contributed by atoms with E-state index < -0.39 is 25.4 Å². The van der Waals surface area contributed by atoms with E-state index in [0.717, 1.165) is 12.7 Å². The minimum atomic E-state index is -3.94. The van der Waals surface area contributed by atoms with Gasteiger partial charge in [-0.15, -0.1) is 0 Å². The van der Waals surface area contributed by atoms with Crippen LogP contribution in [0.4, 0.5) is 4.79 Å². The predicted molar refractivity (Wildman–Crippen MR) is 99.9 cm³/mol. The molecular formula is C17H30NO7P. The van der Waals surface area contributed by atoms with Gasteiger partial charge in [0.25, 0.3) is 0 Å². The van der Waals surface area contributed by atoms with Gasteiger partial charge in [0.05, 0.1) is 20.3 Å². The molecule has 1 N–H and O–H groups in total. The SMILES string of the molecule is CC.CCOP(=O)(OCC)C(NC(=O)OCc1ccccc1)C(=O)OC.[HH]. The van der Waals surface area contributed by atoms with Crippen molar-refractivity contribution in [2.75, 3.05) is 20.3 Å². The van der Waals surface area contributed by atoms with Crippen LogP contribution in [0.3, 0.4) is 0 Å². The lowest BCUT2D eigenvalue weighted by atomic mass is 10.2. The minimum Gasteiger partial charge on any atom is -0.467 e. The first-order chi connectivity index (χ1) is 12.5. The lowest BCUT2D eigenvalue weighted by molar-refractivity contribution is -0.141. The van der Waals surface area contributed by atoms with Gasteiger partial charge in [-0.25, -0.2) is 9.59 Å². The molecule has 9 heteroatoms. The Hall–Kier alpha value is -1.89. The highest BCUT2D eigenvalue weighted by Crippen LogP contribution is 2.52. The largest absolute Gasteiger partial charge is 0.467 e. The van der Waals surface area contributed by atoms with Gasteiger partial charge in [-0.3, -0.25) is 9.88 Å². The van der Waals surface area contributed by atoms with Crippen LogP contribution in [0.15, 0.2) is 30.3 Å². The molecular weight excluding hydrogens is 361 g/mol. The highest BCUT2D eigenvalue weighted by Gasteiger charge is 2.43. The number of benzene rings is 1. The molecule has 8 nitrogen and oxygen atoms in total. The molecule has 1 amide bonds. The molecule has 0 aliphatic rings. The van der Waals surface area contributed by atoms with Crippen molar-refractivity contribution < 1.29 is 34.1 Å². The van der Waals surface area contributed by atoms with Crippen LogP contribution in [0.25, 0.3) is 0 Å². The summed E-state index contributed by atoms with van der Waals surface area (Å²) in [6.45, 7) is 7.24. The molecule has 0 saturated carbocycles. The molecule has 150 valence electrons. The minimum absolute atomic E-state index is 0. The number of amides is 1. The summed E-state index contributed by atoms with van der Waals surface area (Å²) in [7, 11) is -2.83. The Labute approximate surface area is 156 Å². The van der Waals surface area contributed by atoms with E-state index in [1.54, 1.807) is 38.1 Å². The van der Waals surface area contributed by atoms with Gasteiger partial charge in [-0.1, -0.05) is 44.2 Å². The third kappa shape index (κ3) is 7.99. The molecule has 1 atom stereocenters. The number of carbonyl (C=O) groups is 2. The Morgan fingerprint density at radius 2 is 1.65 bits per heavy atom. The van der Waals surface area contributed by atoms with E-state index >= 15 is 0 Å². The number of hydrogen-bond acceptors (Lipinski definition) is 7. The zero-order valence-electron chi connectivity index (χ0n) is 15.9. The number of ether oxygens (including phenoxy) is 2. The summed E-state index contributed by atoms with van der Waals surface area (Å²) in [4.78, 5) is 23.8. The molecule has 1 aromatic carbocycles. The quantitative estimate of drug-likeness (QED) is 0.502. The third-order valence-corrected chi connectivity index (χ3v) is 5.03. The number of carbonyl (C=O) groups excluding carboxylic acids is 2. The van der Waals surface area contributed by atoms with Crippen LogP contribution in [0.1, 0.15) is 34.7 Å². The third-order valence-electron chi connectivity index (χ3n) is 2.83. The molecule has 0 aliphatic carbocycles. The Morgan fingerprint density at radius 1 is 1.12 bits per heavy atom. The van der Waals surface area contributed by atoms with Crippen molar-refractivity contribution in [2.24, 2.45) is 0 Å². The molecule has 0 fully saturated rings. The summed E-state index contributed by atoms with van der Waals surface area (Å²) in [6, 6.07) is 8.97. The Bertz CT molecular complexity index is 576. The molecule has 0 spiro atoms. The summed E-state index contributed by atoms with van der Waals surface area (Å²) >= 11 is 0. The molecule has 0 aliphatic heterocycles. The van der Waals surface area contributed by atoms with E-state index in [0.29, 0.717) is 0 Å². The second-order valence-corrected chi connectivity index (χ2v) is 6.62. The Morgan fingerprint density at radius 3 is 2.12 bits per heavy atom. The number of rotatable bonds is 9. The fourth-order valence-electron chi connectivity index (χ4n) is 1.80. The molecule has 0 bridgehead atoms. The fraction of sp³-hybridized carbons (Fsp3) is 0.529. The number of esters is 1. The van der Waals surface area contributed by atoms with Crippen LogP contribution in [0.5, 0.6) is 0 Å². The van der Waals surface area contributed by atoms with Crippen molar-refractivity contribution in [3.05, 3.63) is 35.9 Å². The van der Waals surface area contributed by atoms with E-state index in [2.05, 4.69) is 10.1 Å². The average molecular weight is 391 g/mol. The van der Waals surface area contributed by atoms with E-state index in [4.69, 9.17) is 13.8 Å². The first-order valence-corrected chi connectivity index (χ1v) is 10.0. The molecule has 1 aromatic rings. The van der Waals surface area contributed by atoms with E-state index in [9.17, 15) is 14.2 Å². The molecule has 0 heterocycles. The smallest absolute Gasteiger partial charge is 0.408 e. The Kier molecular flexibility index (Phi) is 12.4. The molecule has 1 rings (SSSR count). The standard InChI is InChI=1S/C15H22NO7P.C2H6.H2/c1-4-22-24(19,23-5-2)13(14(17)20-3)16-15(18)21-11-12-9-7-6-8-10-12;1-2;/h6-10,13H,4-5,11H2,1-3H3,(H,16,18);1-2H3;1H. The first kappa shape index (κ1) is 24.1. The van der Waals surface area contributed by atoms with E-state index in [1.807, 2.05) is 19.9 Å². The van der Waals surface area contributed by atoms with Crippen molar-refractivity contribution in [2.45, 2.75) is 40.1 Å². The summed E-state index contributed by atoms with van der Waals surface area (Å²) in [5.74, 6) is -2.55. The van der Waals surface area contributed by atoms with Gasteiger partial charge in [-0.05, 0) is 19.4 Å². The van der Waals surface area contributed by atoms with Crippen LogP contribution in [0, 0.1) is 0 Å². The van der Waals surface area contributed by atoms with Gasteiger partial charge in [-0.2, -0.15) is 0 Å². The maximum absolute atomic E-state index is 12.7. The van der Waals surface area contributed by atoms with Gasteiger partial charge in [0.15, 0.2) is 0 Å². The van der Waals surface area contributed by atoms with Crippen LogP contribution >= 0.6 is 7.60 Å². The van der Waals surface area contributed by atoms with Gasteiger partial charge >= 0.3 is 19.7 Å². The topological polar surface area (TPSA) is 100 Å². The number of alkyl carbamates (subject to hydrolysis) is 1. The molecule has 0 aromatic heterocycles. The van der Waals surface area contributed by atoms with E-state index in [-0.39, 0.29) is 21.2 Å². The molecule has 1 unspecified atom stereocenters. The van der Waals surface area contributed by atoms with Crippen molar-refractivity contribution in [1.29, 1.82) is 0 Å². The number of methoxy groups -OCH3 is 1. The van der Waals surface area contributed by atoms with Crippen LogP contribution in [0.2, 0.25) is 0 Å². The fourth-order valence-corrected chi connectivity index (χ4v) is 3.52. The molecule has 0 saturated heterocycles. The summed E-state index contributed by atoms with van der Waals surface area (Å²) in [5.41, 5.74) is 0.764. The first-order valence-electron chi connectivity index (χ1n) is 8.40. The van der Waals surface area contributed by atoms with Gasteiger partial charge in [0, 0.05) is 1.43 Å². The van der Waals surface area contributed by atoms with Crippen LogP contribution in [-0.4, -0.2) is 38.2 Å². The highest BCUT2D eigenvalue weighted by molar-refractivity contribution is 7.55. The van der Waals surface area contributed by atoms with Gasteiger partial charge < -0.3 is 18.5 Å². The van der Waals surface area contributed by atoms with E-state index in [1.165, 1.54) is 0 Å². The number of nitrogens with one attached hydrogen (secondary N) is 1. The maximum Gasteiger partial charge on any atom is 0.408 e. The Balaban J connectivity index is 0. The second kappa shape index (κ2) is 13.3. The van der Waals surface area contributed by atoms with Gasteiger partial charge in [0.1, 0.15) is 6.61 Å². The zero-order valence-corrected chi connectivity index (χ0v) is 16.8. The maximum atomic E-state index is 12.7. The van der Waals surface area contributed by atoms with Crippen LogP contribution in [-0.2, 0) is 34.5 Å². The van der Waals surface area contributed by atoms with Gasteiger partial charge in [0.2, 0.25) is 5.78 Å². The average Bonchev–Trinajstić information content (AvgIpc) is 2.66. The van der Waals surface area contributed by atoms with Crippen LogP contribution < -0.4 is 5.32 Å². The van der Waals surface area contributed by atoms with Crippen molar-refractivity contribution in [3.8, 4) is 0 Å². The van der Waals surface area contributed by atoms with Crippen molar-refractivity contribution >= 4 is 19.7 Å². The van der Waals surface area contributed by atoms with Crippen molar-refractivity contribution in [3.63, 3.8) is 0 Å². The number of hydrogen-bond donors (Lipinski definition) is 1. The molecule has 26 heavy (non-hydrogen) atoms. The summed E-state index contributed by atoms with van der Waals surface area (Å²) < 4.78 is 32.5. The monoisotopic (exact) mass is 391 g/mol. The lowest BCUT2D eigenvalue weighted by Gasteiger charge is -2.24. The highest BCUT2D eigenvalue weighted by atomic mass is 31.2. The lowest BCUT2D eigenvalue weighted by Crippen LogP contribution is -2.42. The zero-order chi connectivity index (χ0) is 20.0. The van der Waals surface area contributed by atoms with Crippen molar-refractivity contribution in [1.82, 2.24) is 5.32 Å². The molecule has 0 radical (unpaired) electrons. The summed E-state index contributed by atoms with van der Waals surface area (Å²) in [5, 5.41) is 2.20. The summed E-state index contributed by atoms with van der Waals surface area (Å²) in [6.07, 6.45) is -0.936.